The average Bonchev–Trinajstić information content (AvgIpc) is 2.37. The molecular formula is C12H8ClF9N2O. The highest BCUT2D eigenvalue weighted by atomic mass is 35.5. The molecule has 0 heterocycles. The molecule has 0 bridgehead atoms. The number of rotatable bonds is 2. The number of halogens is 10. The molecule has 0 radical (unpaired) electrons. The summed E-state index contributed by atoms with van der Waals surface area (Å²) in [6.45, 7) is -0.333. The summed E-state index contributed by atoms with van der Waals surface area (Å²) in [6, 6.07) is -0.591. The zero-order valence-electron chi connectivity index (χ0n) is 11.9. The van der Waals surface area contributed by atoms with Gasteiger partial charge in [-0.1, -0.05) is 11.6 Å². The molecule has 0 saturated heterocycles. The Labute approximate surface area is 139 Å². The van der Waals surface area contributed by atoms with Gasteiger partial charge in [0.2, 0.25) is 5.54 Å². The van der Waals surface area contributed by atoms with E-state index >= 15 is 0 Å². The Morgan fingerprint density at radius 1 is 0.960 bits per heavy atom. The second-order valence-electron chi connectivity index (χ2n) is 4.89. The summed E-state index contributed by atoms with van der Waals surface area (Å²) in [7, 11) is 0. The Kier molecular flexibility index (Phi) is 5.48. The first-order valence-corrected chi connectivity index (χ1v) is 6.46. The minimum Gasteiger partial charge on any atom is -0.316 e. The highest BCUT2D eigenvalue weighted by Crippen LogP contribution is 2.42. The number of hydrogen-bond acceptors (Lipinski definition) is 1. The molecule has 2 N–H and O–H groups in total. The fourth-order valence-corrected chi connectivity index (χ4v) is 1.65. The number of nitrogens with one attached hydrogen (secondary N) is 2. The summed E-state index contributed by atoms with van der Waals surface area (Å²) < 4.78 is 114. The Balaban J connectivity index is 3.11. The number of carbonyl (C=O) groups excluding carboxylic acids is 1. The average molecular weight is 403 g/mol. The maximum Gasteiger partial charge on any atom is 0.420 e. The minimum atomic E-state index is -5.92. The first kappa shape index (κ1) is 21.2. The van der Waals surface area contributed by atoms with Crippen molar-refractivity contribution in [1.29, 1.82) is 0 Å². The fraction of sp³-hybridized carbons (Fsp3) is 0.417. The summed E-state index contributed by atoms with van der Waals surface area (Å²) in [4.78, 5) is 11.5. The molecule has 142 valence electrons. The van der Waals surface area contributed by atoms with Crippen molar-refractivity contribution < 1.29 is 44.3 Å². The Bertz CT molecular complexity index is 637. The number of hydrogen-bond donors (Lipinski definition) is 2. The van der Waals surface area contributed by atoms with E-state index in [1.165, 1.54) is 5.32 Å². The van der Waals surface area contributed by atoms with Crippen LogP contribution in [-0.2, 0) is 6.18 Å². The third-order valence-electron chi connectivity index (χ3n) is 3.04. The zero-order valence-corrected chi connectivity index (χ0v) is 12.7. The molecule has 0 fully saturated rings. The molecule has 0 spiro atoms. The third-order valence-corrected chi connectivity index (χ3v) is 3.37. The zero-order chi connectivity index (χ0) is 19.8. The molecule has 1 aromatic rings. The van der Waals surface area contributed by atoms with Gasteiger partial charge in [-0.25, -0.2) is 4.79 Å². The molecule has 0 aliphatic rings. The van der Waals surface area contributed by atoms with Gasteiger partial charge < -0.3 is 10.6 Å². The molecule has 0 unspecified atom stereocenters. The van der Waals surface area contributed by atoms with Crippen LogP contribution < -0.4 is 10.6 Å². The van der Waals surface area contributed by atoms with Crippen LogP contribution >= 0.6 is 11.6 Å². The smallest absolute Gasteiger partial charge is 0.316 e. The molecule has 1 aromatic carbocycles. The van der Waals surface area contributed by atoms with Crippen molar-refractivity contribution in [3.63, 3.8) is 0 Å². The van der Waals surface area contributed by atoms with E-state index in [2.05, 4.69) is 0 Å². The van der Waals surface area contributed by atoms with Gasteiger partial charge in [0.25, 0.3) is 0 Å². The lowest BCUT2D eigenvalue weighted by Gasteiger charge is -2.34. The number of alkyl halides is 9. The van der Waals surface area contributed by atoms with Crippen LogP contribution in [0.25, 0.3) is 0 Å². The van der Waals surface area contributed by atoms with Crippen LogP contribution in [0.2, 0.25) is 5.02 Å². The maximum absolute atomic E-state index is 12.7. The van der Waals surface area contributed by atoms with Gasteiger partial charge >= 0.3 is 24.6 Å². The molecule has 1 rings (SSSR count). The molecule has 0 saturated carbocycles. The van der Waals surface area contributed by atoms with Crippen LogP contribution in [-0.4, -0.2) is 23.9 Å². The normalized spacial score (nSPS) is 13.6. The molecule has 0 aliphatic carbocycles. The summed E-state index contributed by atoms with van der Waals surface area (Å²) >= 11 is 5.49. The van der Waals surface area contributed by atoms with Crippen LogP contribution in [0, 0.1) is 0 Å². The lowest BCUT2D eigenvalue weighted by molar-refractivity contribution is -0.297. The van der Waals surface area contributed by atoms with E-state index in [4.69, 9.17) is 11.6 Å². The number of carbonyl (C=O) groups is 1. The largest absolute Gasteiger partial charge is 0.420 e. The quantitative estimate of drug-likeness (QED) is 0.642. The van der Waals surface area contributed by atoms with Gasteiger partial charge in [0.05, 0.1) is 16.3 Å². The number of amides is 2. The second kappa shape index (κ2) is 6.46. The van der Waals surface area contributed by atoms with Crippen molar-refractivity contribution in [2.24, 2.45) is 0 Å². The topological polar surface area (TPSA) is 41.1 Å². The van der Waals surface area contributed by atoms with Crippen molar-refractivity contribution >= 4 is 23.3 Å². The van der Waals surface area contributed by atoms with E-state index in [9.17, 15) is 44.3 Å². The summed E-state index contributed by atoms with van der Waals surface area (Å²) in [5.74, 6) is 0. The van der Waals surface area contributed by atoms with Crippen molar-refractivity contribution in [2.75, 3.05) is 5.32 Å². The monoisotopic (exact) mass is 402 g/mol. The Hall–Kier alpha value is -1.85. The predicted molar refractivity (Wildman–Crippen MR) is 69.1 cm³/mol. The lowest BCUT2D eigenvalue weighted by atomic mass is 10.0. The molecule has 25 heavy (non-hydrogen) atoms. The molecule has 13 heteroatoms. The minimum absolute atomic E-state index is 0.264. The number of anilines is 1. The van der Waals surface area contributed by atoms with Crippen LogP contribution in [0.5, 0.6) is 0 Å². The first-order chi connectivity index (χ1) is 11.0. The van der Waals surface area contributed by atoms with Gasteiger partial charge in [-0.15, -0.1) is 0 Å². The highest BCUT2D eigenvalue weighted by molar-refractivity contribution is 6.33. The number of benzene rings is 1. The molecule has 0 aliphatic heterocycles. The van der Waals surface area contributed by atoms with E-state index in [-0.39, 0.29) is 13.0 Å². The van der Waals surface area contributed by atoms with Crippen LogP contribution in [0.1, 0.15) is 12.5 Å². The lowest BCUT2D eigenvalue weighted by Crippen LogP contribution is -2.66. The van der Waals surface area contributed by atoms with Crippen molar-refractivity contribution in [2.45, 2.75) is 31.0 Å². The molecule has 0 aromatic heterocycles. The maximum atomic E-state index is 12.7. The fourth-order valence-electron chi connectivity index (χ4n) is 1.48. The van der Waals surface area contributed by atoms with Crippen LogP contribution in [0.3, 0.4) is 0 Å². The molecule has 0 atom stereocenters. The summed E-state index contributed by atoms with van der Waals surface area (Å²) in [6.07, 6.45) is -16.7. The van der Waals surface area contributed by atoms with E-state index in [0.717, 1.165) is 0 Å². The van der Waals surface area contributed by atoms with E-state index in [0.29, 0.717) is 17.4 Å². The predicted octanol–water partition coefficient (Wildman–Crippen LogP) is 5.36. The van der Waals surface area contributed by atoms with Gasteiger partial charge in [-0.2, -0.15) is 39.5 Å². The standard InChI is InChI=1S/C12H8ClF9N2O/c1-9(11(17,18)19,12(20,21)22)24-8(25)23-7-4-5(10(14,15)16)2-3-6(7)13/h2-4H,1H3,(H2,23,24,25). The number of urea groups is 1. The summed E-state index contributed by atoms with van der Waals surface area (Å²) in [5.41, 5.74) is -6.76. The van der Waals surface area contributed by atoms with Gasteiger partial charge in [-0.05, 0) is 25.1 Å². The van der Waals surface area contributed by atoms with E-state index < -0.39 is 46.4 Å². The molecular weight excluding hydrogens is 395 g/mol. The van der Waals surface area contributed by atoms with Gasteiger partial charge in [0, 0.05) is 0 Å². The second-order valence-corrected chi connectivity index (χ2v) is 5.30. The van der Waals surface area contributed by atoms with Crippen molar-refractivity contribution in [1.82, 2.24) is 5.32 Å². The molecule has 2 amide bonds. The Morgan fingerprint density at radius 3 is 1.84 bits per heavy atom. The Morgan fingerprint density at radius 2 is 1.44 bits per heavy atom. The SMILES string of the molecule is CC(NC(=O)Nc1cc(C(F)(F)F)ccc1Cl)(C(F)(F)F)C(F)(F)F. The van der Waals surface area contributed by atoms with Gasteiger partial charge in [0.1, 0.15) is 0 Å². The first-order valence-electron chi connectivity index (χ1n) is 6.08. The van der Waals surface area contributed by atoms with Crippen LogP contribution in [0.4, 0.5) is 50.0 Å². The third kappa shape index (κ3) is 4.61. The van der Waals surface area contributed by atoms with E-state index in [1.54, 1.807) is 0 Å². The molecule has 3 nitrogen and oxygen atoms in total. The van der Waals surface area contributed by atoms with Crippen molar-refractivity contribution in [3.8, 4) is 0 Å². The van der Waals surface area contributed by atoms with E-state index in [1.807, 2.05) is 0 Å². The summed E-state index contributed by atoms with van der Waals surface area (Å²) in [5, 5.41) is 1.58. The van der Waals surface area contributed by atoms with Gasteiger partial charge in [-0.3, -0.25) is 0 Å². The van der Waals surface area contributed by atoms with Crippen molar-refractivity contribution in [3.05, 3.63) is 28.8 Å². The van der Waals surface area contributed by atoms with Gasteiger partial charge in [0.15, 0.2) is 0 Å². The highest BCUT2D eigenvalue weighted by Gasteiger charge is 2.68. The van der Waals surface area contributed by atoms with Crippen LogP contribution in [0.15, 0.2) is 18.2 Å².